The van der Waals surface area contributed by atoms with Gasteiger partial charge in [-0.1, -0.05) is 58.4 Å². The van der Waals surface area contributed by atoms with E-state index in [1.54, 1.807) is 0 Å². The highest BCUT2D eigenvalue weighted by Crippen LogP contribution is 2.74. The zero-order chi connectivity index (χ0) is 36.1. The fourth-order valence-corrected chi connectivity index (χ4v) is 12.8. The number of allylic oxidation sites excluding steroid dienone is 3. The van der Waals surface area contributed by atoms with Crippen molar-refractivity contribution in [2.24, 2.45) is 51.2 Å². The van der Waals surface area contributed by atoms with Gasteiger partial charge in [-0.2, -0.15) is 0 Å². The quantitative estimate of drug-likeness (QED) is 0.182. The van der Waals surface area contributed by atoms with Gasteiger partial charge in [-0.15, -0.1) is 0 Å². The van der Waals surface area contributed by atoms with E-state index in [2.05, 4.69) is 47.3 Å². The number of rotatable bonds is 5. The third-order valence-corrected chi connectivity index (χ3v) is 15.7. The SMILES string of the molecule is C=C1C[C@@H]2C3=CC[C@@H]4[C@]5(C)CC[C@@H](O[C@@H]6OC[C@H](O)[C@H](O)[C@H]6O[C@@H]6OC[C@@H](O)[C@H](O)[C@H]6O)C(C)(C)[C@H]5CC[C@@]4(C)[C@]3(C)CC[C@H]2[C@H](C(=O)O)C1. The van der Waals surface area contributed by atoms with Gasteiger partial charge in [0.1, 0.15) is 36.6 Å². The first kappa shape index (κ1) is 36.9. The zero-order valence-electron chi connectivity index (χ0n) is 30.4. The van der Waals surface area contributed by atoms with Crippen LogP contribution in [0.1, 0.15) is 92.4 Å². The van der Waals surface area contributed by atoms with E-state index in [-0.39, 0.29) is 58.7 Å². The number of aliphatic carboxylic acids is 1. The van der Waals surface area contributed by atoms with Crippen molar-refractivity contribution in [3.05, 3.63) is 23.8 Å². The van der Waals surface area contributed by atoms with Crippen molar-refractivity contribution in [2.75, 3.05) is 13.2 Å². The second kappa shape index (κ2) is 12.9. The standard InChI is InChI=1S/C39H60O11/c1-19-15-21-20(22(16-19)33(45)46)9-13-38(5)23(21)7-8-27-37(4)12-11-28(36(2,3)26(37)10-14-39(27,38)6)49-35-32(30(43)25(41)18-48-35)50-34-31(44)29(42)24(40)17-47-34/h7,20-22,24-32,34-35,40-44H,1,8-18H2,2-6H3,(H,45,46)/t20-,21+,22-,24-,25+,26-,27-,28-,29+,30+,31-,32-,34+,35+,37-,38-,39-/m1/s1. The van der Waals surface area contributed by atoms with Gasteiger partial charge in [0.05, 0.1) is 25.2 Å². The van der Waals surface area contributed by atoms with Crippen LogP contribution in [0.4, 0.5) is 0 Å². The highest BCUT2D eigenvalue weighted by atomic mass is 16.7. The third kappa shape index (κ3) is 5.51. The van der Waals surface area contributed by atoms with Crippen LogP contribution in [-0.4, -0.2) is 105 Å². The Kier molecular flexibility index (Phi) is 9.51. The molecule has 7 rings (SSSR count). The molecule has 0 unspecified atom stereocenters. The number of ether oxygens (including phenoxy) is 4. The van der Waals surface area contributed by atoms with Crippen molar-refractivity contribution in [3.8, 4) is 0 Å². The summed E-state index contributed by atoms with van der Waals surface area (Å²) in [4.78, 5) is 12.3. The maximum Gasteiger partial charge on any atom is 0.307 e. The van der Waals surface area contributed by atoms with Crippen molar-refractivity contribution in [1.82, 2.24) is 0 Å². The maximum absolute atomic E-state index is 12.3. The monoisotopic (exact) mass is 704 g/mol. The van der Waals surface area contributed by atoms with E-state index in [1.165, 1.54) is 5.57 Å². The van der Waals surface area contributed by atoms with Crippen molar-refractivity contribution in [3.63, 3.8) is 0 Å². The Hall–Kier alpha value is -1.41. The molecule has 0 aromatic rings. The molecule has 50 heavy (non-hydrogen) atoms. The Morgan fingerprint density at radius 1 is 0.820 bits per heavy atom. The van der Waals surface area contributed by atoms with Crippen molar-refractivity contribution < 1.29 is 54.4 Å². The van der Waals surface area contributed by atoms with E-state index in [1.807, 2.05) is 0 Å². The van der Waals surface area contributed by atoms with Crippen LogP contribution >= 0.6 is 0 Å². The van der Waals surface area contributed by atoms with Crippen LogP contribution in [0.5, 0.6) is 0 Å². The largest absolute Gasteiger partial charge is 0.481 e. The molecule has 0 aromatic carbocycles. The molecule has 0 amide bonds. The molecule has 282 valence electrons. The summed E-state index contributed by atoms with van der Waals surface area (Å²) >= 11 is 0. The molecule has 0 radical (unpaired) electrons. The third-order valence-electron chi connectivity index (χ3n) is 15.7. The summed E-state index contributed by atoms with van der Waals surface area (Å²) in [5, 5.41) is 62.2. The molecule has 5 aliphatic carbocycles. The van der Waals surface area contributed by atoms with Crippen LogP contribution in [-0.2, 0) is 23.7 Å². The minimum Gasteiger partial charge on any atom is -0.481 e. The fourth-order valence-electron chi connectivity index (χ4n) is 12.8. The molecule has 6 fully saturated rings. The summed E-state index contributed by atoms with van der Waals surface area (Å²) in [7, 11) is 0. The van der Waals surface area contributed by atoms with Gasteiger partial charge in [0.15, 0.2) is 12.6 Å². The van der Waals surface area contributed by atoms with Crippen molar-refractivity contribution in [2.45, 2.75) is 148 Å². The van der Waals surface area contributed by atoms with Gasteiger partial charge in [-0.05, 0) is 103 Å². The minimum atomic E-state index is -1.56. The Bertz CT molecular complexity index is 1360. The summed E-state index contributed by atoms with van der Waals surface area (Å²) in [6.07, 6.45) is 0.000942. The predicted molar refractivity (Wildman–Crippen MR) is 181 cm³/mol. The first-order chi connectivity index (χ1) is 23.4. The van der Waals surface area contributed by atoms with Gasteiger partial charge in [0.2, 0.25) is 0 Å². The Balaban J connectivity index is 1.11. The number of aliphatic hydroxyl groups excluding tert-OH is 5. The first-order valence-corrected chi connectivity index (χ1v) is 19.0. The molecule has 0 bridgehead atoms. The number of carboxylic acids is 1. The van der Waals surface area contributed by atoms with Crippen molar-refractivity contribution in [1.29, 1.82) is 0 Å². The van der Waals surface area contributed by atoms with E-state index in [0.29, 0.717) is 18.3 Å². The molecule has 2 heterocycles. The summed E-state index contributed by atoms with van der Waals surface area (Å²) < 4.78 is 24.1. The highest BCUT2D eigenvalue weighted by Gasteiger charge is 2.67. The van der Waals surface area contributed by atoms with E-state index in [0.717, 1.165) is 56.9 Å². The Labute approximate surface area is 296 Å². The zero-order valence-corrected chi connectivity index (χ0v) is 30.4. The van der Waals surface area contributed by atoms with Gasteiger partial charge in [0, 0.05) is 0 Å². The smallest absolute Gasteiger partial charge is 0.307 e. The molecule has 17 atom stereocenters. The summed E-state index contributed by atoms with van der Waals surface area (Å²) in [6.45, 7) is 15.9. The average Bonchev–Trinajstić information content (AvgIpc) is 3.05. The lowest BCUT2D eigenvalue weighted by atomic mass is 9.34. The Morgan fingerprint density at radius 2 is 1.50 bits per heavy atom. The average molecular weight is 705 g/mol. The lowest BCUT2D eigenvalue weighted by Crippen LogP contribution is -2.65. The number of hydrogen-bond donors (Lipinski definition) is 6. The molecule has 0 spiro atoms. The van der Waals surface area contributed by atoms with Crippen LogP contribution in [0.2, 0.25) is 0 Å². The van der Waals surface area contributed by atoms with Gasteiger partial charge in [-0.25, -0.2) is 0 Å². The predicted octanol–water partition coefficient (Wildman–Crippen LogP) is 3.55. The second-order valence-corrected chi connectivity index (χ2v) is 18.3. The molecular formula is C39H60O11. The van der Waals surface area contributed by atoms with Crippen LogP contribution in [0, 0.1) is 51.2 Å². The number of hydrogen-bond acceptors (Lipinski definition) is 10. The molecule has 7 aliphatic rings. The number of aliphatic hydroxyl groups is 5. The first-order valence-electron chi connectivity index (χ1n) is 19.0. The van der Waals surface area contributed by atoms with Gasteiger partial charge in [-0.3, -0.25) is 4.79 Å². The van der Waals surface area contributed by atoms with Crippen LogP contribution < -0.4 is 0 Å². The number of fused-ring (bicyclic) bond motifs is 7. The maximum atomic E-state index is 12.3. The molecule has 11 nitrogen and oxygen atoms in total. The molecular weight excluding hydrogens is 644 g/mol. The van der Waals surface area contributed by atoms with E-state index < -0.39 is 55.2 Å². The number of carbonyl (C=O) groups is 1. The van der Waals surface area contributed by atoms with E-state index >= 15 is 0 Å². The van der Waals surface area contributed by atoms with E-state index in [9.17, 15) is 35.4 Å². The molecule has 11 heteroatoms. The fraction of sp³-hybridized carbons (Fsp3) is 0.872. The molecule has 2 aliphatic heterocycles. The lowest BCUT2D eigenvalue weighted by Gasteiger charge is -2.70. The summed E-state index contributed by atoms with van der Waals surface area (Å²) in [5.74, 6) is 0.199. The molecule has 2 saturated heterocycles. The van der Waals surface area contributed by atoms with Crippen molar-refractivity contribution >= 4 is 5.97 Å². The van der Waals surface area contributed by atoms with Crippen LogP contribution in [0.3, 0.4) is 0 Å². The van der Waals surface area contributed by atoms with Gasteiger partial charge >= 0.3 is 5.97 Å². The summed E-state index contributed by atoms with van der Waals surface area (Å²) in [5.41, 5.74) is 2.39. The molecule has 0 aromatic heterocycles. The Morgan fingerprint density at radius 3 is 2.20 bits per heavy atom. The van der Waals surface area contributed by atoms with Gasteiger partial charge in [0.25, 0.3) is 0 Å². The highest BCUT2D eigenvalue weighted by molar-refractivity contribution is 5.71. The number of carboxylic acid groups (broad SMARTS) is 1. The lowest BCUT2D eigenvalue weighted by molar-refractivity contribution is -0.357. The second-order valence-electron chi connectivity index (χ2n) is 18.3. The van der Waals surface area contributed by atoms with Crippen LogP contribution in [0.25, 0.3) is 0 Å². The van der Waals surface area contributed by atoms with E-state index in [4.69, 9.17) is 18.9 Å². The molecule has 4 saturated carbocycles. The molecule has 6 N–H and O–H groups in total. The topological polar surface area (TPSA) is 175 Å². The minimum absolute atomic E-state index is 0.00389. The summed E-state index contributed by atoms with van der Waals surface area (Å²) in [6, 6.07) is 0. The normalized spacial score (nSPS) is 53.2. The van der Waals surface area contributed by atoms with Gasteiger partial charge < -0.3 is 49.6 Å². The van der Waals surface area contributed by atoms with Crippen LogP contribution in [0.15, 0.2) is 23.8 Å².